The molecule has 0 saturated heterocycles. The fraction of sp³-hybridized carbons (Fsp3) is 0.357. The number of hydrogen-bond acceptors (Lipinski definition) is 2. The molecule has 1 rings (SSSR count). The van der Waals surface area contributed by atoms with Crippen molar-refractivity contribution in [1.82, 2.24) is 0 Å². The Morgan fingerprint density at radius 1 is 1.47 bits per heavy atom. The van der Waals surface area contributed by atoms with Crippen molar-refractivity contribution in [2.75, 3.05) is 0 Å². The Balaban J connectivity index is 3.12. The first-order valence-electron chi connectivity index (χ1n) is 5.37. The predicted molar refractivity (Wildman–Crippen MR) is 67.4 cm³/mol. The fourth-order valence-electron chi connectivity index (χ4n) is 1.64. The molecule has 0 aliphatic carbocycles. The second-order valence-corrected chi connectivity index (χ2v) is 4.87. The molecular formula is C14H17NO2. The van der Waals surface area contributed by atoms with Gasteiger partial charge < -0.3 is 10.5 Å². The number of hydrogen-bond donors (Lipinski definition) is 1. The van der Waals surface area contributed by atoms with Gasteiger partial charge in [-0.3, -0.25) is 0 Å². The van der Waals surface area contributed by atoms with E-state index in [4.69, 9.17) is 16.9 Å². The summed E-state index contributed by atoms with van der Waals surface area (Å²) in [5.41, 5.74) is 7.70. The highest BCUT2D eigenvalue weighted by molar-refractivity contribution is 5.64. The molecule has 3 nitrogen and oxygen atoms in total. The van der Waals surface area contributed by atoms with E-state index in [9.17, 15) is 4.79 Å². The lowest BCUT2D eigenvalue weighted by molar-refractivity contribution is 0.149. The molecule has 0 aromatic heterocycles. The van der Waals surface area contributed by atoms with Crippen molar-refractivity contribution in [2.24, 2.45) is 5.73 Å². The molecule has 0 saturated carbocycles. The topological polar surface area (TPSA) is 52.3 Å². The summed E-state index contributed by atoms with van der Waals surface area (Å²) in [7, 11) is 0. The second kappa shape index (κ2) is 4.92. The first kappa shape index (κ1) is 13.1. The second-order valence-electron chi connectivity index (χ2n) is 4.87. The Hall–Kier alpha value is -1.95. The van der Waals surface area contributed by atoms with Gasteiger partial charge in [0, 0.05) is 5.56 Å². The zero-order valence-electron chi connectivity index (χ0n) is 10.4. The summed E-state index contributed by atoms with van der Waals surface area (Å²) >= 11 is 0. The van der Waals surface area contributed by atoms with Crippen molar-refractivity contribution in [3.63, 3.8) is 0 Å². The van der Waals surface area contributed by atoms with Crippen molar-refractivity contribution in [3.8, 4) is 12.3 Å². The van der Waals surface area contributed by atoms with Gasteiger partial charge in [-0.1, -0.05) is 32.8 Å². The molecule has 90 valence electrons. The van der Waals surface area contributed by atoms with Crippen LogP contribution in [0.1, 0.15) is 37.5 Å². The van der Waals surface area contributed by atoms with E-state index in [-0.39, 0.29) is 12.0 Å². The molecule has 0 aliphatic rings. The molecule has 0 heterocycles. The molecule has 1 amide bonds. The minimum absolute atomic E-state index is 0.0663. The summed E-state index contributed by atoms with van der Waals surface area (Å²) in [6, 6.07) is 5.65. The number of nitrogens with two attached hydrogens (primary N) is 1. The van der Waals surface area contributed by atoms with Gasteiger partial charge in [-0.25, -0.2) is 4.79 Å². The normalized spacial score (nSPS) is 10.7. The van der Waals surface area contributed by atoms with Gasteiger partial charge in [0.05, 0.1) is 0 Å². The third-order valence-corrected chi connectivity index (χ3v) is 2.45. The molecule has 1 aromatic carbocycles. The number of primary amides is 1. The summed E-state index contributed by atoms with van der Waals surface area (Å²) in [4.78, 5) is 10.6. The van der Waals surface area contributed by atoms with Crippen LogP contribution in [0.25, 0.3) is 0 Å². The monoisotopic (exact) mass is 231 g/mol. The van der Waals surface area contributed by atoms with Crippen molar-refractivity contribution in [1.29, 1.82) is 0 Å². The highest BCUT2D eigenvalue weighted by Gasteiger charge is 2.18. The van der Waals surface area contributed by atoms with E-state index < -0.39 is 6.09 Å². The summed E-state index contributed by atoms with van der Waals surface area (Å²) in [5.74, 6) is 2.60. The minimum Gasteiger partial charge on any atom is -0.445 e. The van der Waals surface area contributed by atoms with Gasteiger partial charge in [0.25, 0.3) is 0 Å². The van der Waals surface area contributed by atoms with Gasteiger partial charge in [-0.2, -0.15) is 0 Å². The average molecular weight is 231 g/mol. The first-order valence-corrected chi connectivity index (χ1v) is 5.37. The lowest BCUT2D eigenvalue weighted by Crippen LogP contribution is -2.18. The van der Waals surface area contributed by atoms with Crippen LogP contribution in [0.4, 0.5) is 4.79 Å². The van der Waals surface area contributed by atoms with Crippen LogP contribution >= 0.6 is 0 Å². The van der Waals surface area contributed by atoms with Gasteiger partial charge in [0.15, 0.2) is 0 Å². The minimum atomic E-state index is -0.772. The van der Waals surface area contributed by atoms with Crippen LogP contribution in [0, 0.1) is 12.3 Å². The molecule has 3 heteroatoms. The number of carbonyl (C=O) groups excluding carboxylic acids is 1. The maximum Gasteiger partial charge on any atom is 0.404 e. The van der Waals surface area contributed by atoms with E-state index in [1.165, 1.54) is 0 Å². The van der Waals surface area contributed by atoms with E-state index in [2.05, 4.69) is 26.7 Å². The molecule has 0 aliphatic heterocycles. The SMILES string of the molecule is C#Cc1ccc(COC(N)=O)c(C(C)(C)C)c1. The number of terminal acetylenes is 1. The lowest BCUT2D eigenvalue weighted by atomic mass is 9.83. The predicted octanol–water partition coefficient (Wildman–Crippen LogP) is 2.56. The van der Waals surface area contributed by atoms with E-state index in [0.29, 0.717) is 0 Å². The number of rotatable bonds is 2. The molecule has 0 spiro atoms. The number of carbonyl (C=O) groups is 1. The maximum atomic E-state index is 10.6. The summed E-state index contributed by atoms with van der Waals surface area (Å²) in [6.45, 7) is 6.41. The molecule has 0 fully saturated rings. The quantitative estimate of drug-likeness (QED) is 0.795. The standard InChI is InChI=1S/C14H17NO2/c1-5-10-6-7-11(9-17-13(15)16)12(8-10)14(2,3)4/h1,6-8H,9H2,2-4H3,(H2,15,16). The van der Waals surface area contributed by atoms with Gasteiger partial charge in [-0.05, 0) is 28.7 Å². The Morgan fingerprint density at radius 3 is 2.59 bits per heavy atom. The highest BCUT2D eigenvalue weighted by atomic mass is 16.5. The molecule has 0 atom stereocenters. The largest absolute Gasteiger partial charge is 0.445 e. The van der Waals surface area contributed by atoms with Crippen LogP contribution in [-0.2, 0) is 16.8 Å². The maximum absolute atomic E-state index is 10.6. The van der Waals surface area contributed by atoms with Crippen molar-refractivity contribution >= 4 is 6.09 Å². The highest BCUT2D eigenvalue weighted by Crippen LogP contribution is 2.27. The zero-order chi connectivity index (χ0) is 13.1. The van der Waals surface area contributed by atoms with Crippen LogP contribution in [0.5, 0.6) is 0 Å². The van der Waals surface area contributed by atoms with Crippen LogP contribution in [0.15, 0.2) is 18.2 Å². The van der Waals surface area contributed by atoms with E-state index >= 15 is 0 Å². The third kappa shape index (κ3) is 3.53. The number of ether oxygens (including phenoxy) is 1. The van der Waals surface area contributed by atoms with Crippen molar-refractivity contribution in [3.05, 3.63) is 34.9 Å². The lowest BCUT2D eigenvalue weighted by Gasteiger charge is -2.23. The Bertz CT molecular complexity index is 464. The Labute approximate surface area is 102 Å². The van der Waals surface area contributed by atoms with Crippen molar-refractivity contribution < 1.29 is 9.53 Å². The number of amides is 1. The number of benzene rings is 1. The van der Waals surface area contributed by atoms with Crippen molar-refractivity contribution in [2.45, 2.75) is 32.8 Å². The molecule has 0 unspecified atom stereocenters. The van der Waals surface area contributed by atoms with E-state index in [1.54, 1.807) is 0 Å². The van der Waals surface area contributed by atoms with E-state index in [0.717, 1.165) is 16.7 Å². The van der Waals surface area contributed by atoms with Gasteiger partial charge >= 0.3 is 6.09 Å². The molecule has 2 N–H and O–H groups in total. The van der Waals surface area contributed by atoms with Gasteiger partial charge in [-0.15, -0.1) is 6.42 Å². The average Bonchev–Trinajstić information content (AvgIpc) is 2.24. The Morgan fingerprint density at radius 2 is 2.12 bits per heavy atom. The molecule has 0 radical (unpaired) electrons. The summed E-state index contributed by atoms with van der Waals surface area (Å²) in [6.07, 6.45) is 4.61. The smallest absolute Gasteiger partial charge is 0.404 e. The van der Waals surface area contributed by atoms with Crippen LogP contribution < -0.4 is 5.73 Å². The van der Waals surface area contributed by atoms with Gasteiger partial charge in [0.1, 0.15) is 6.61 Å². The zero-order valence-corrected chi connectivity index (χ0v) is 10.4. The first-order chi connectivity index (χ1) is 7.84. The molecule has 1 aromatic rings. The summed E-state index contributed by atoms with van der Waals surface area (Å²) in [5, 5.41) is 0. The van der Waals surface area contributed by atoms with Crippen LogP contribution in [-0.4, -0.2) is 6.09 Å². The fourth-order valence-corrected chi connectivity index (χ4v) is 1.64. The summed E-state index contributed by atoms with van der Waals surface area (Å²) < 4.78 is 4.82. The molecule has 0 bridgehead atoms. The van der Waals surface area contributed by atoms with Gasteiger partial charge in [0.2, 0.25) is 0 Å². The van der Waals surface area contributed by atoms with Crippen LogP contribution in [0.3, 0.4) is 0 Å². The van der Waals surface area contributed by atoms with E-state index in [1.807, 2.05) is 18.2 Å². The molecular weight excluding hydrogens is 214 g/mol. The molecule has 17 heavy (non-hydrogen) atoms. The third-order valence-electron chi connectivity index (χ3n) is 2.45. The van der Waals surface area contributed by atoms with Crippen LogP contribution in [0.2, 0.25) is 0 Å². The Kier molecular flexibility index (Phi) is 3.80.